The topological polar surface area (TPSA) is 44.5 Å². The molecule has 9 heavy (non-hydrogen) atoms. The Labute approximate surface area is 54.4 Å². The van der Waals surface area contributed by atoms with E-state index in [1.54, 1.807) is 13.0 Å². The molecule has 52 valence electrons. The van der Waals surface area contributed by atoms with Crippen LogP contribution in [0.25, 0.3) is 0 Å². The van der Waals surface area contributed by atoms with E-state index in [0.717, 1.165) is 5.70 Å². The van der Waals surface area contributed by atoms with Gasteiger partial charge in [0.1, 0.15) is 0 Å². The van der Waals surface area contributed by atoms with Crippen LogP contribution < -0.4 is 5.73 Å². The molecule has 0 aromatic heterocycles. The van der Waals surface area contributed by atoms with E-state index in [1.807, 2.05) is 6.92 Å². The molecule has 3 heteroatoms. The van der Waals surface area contributed by atoms with Gasteiger partial charge in [0.05, 0.1) is 0 Å². The van der Waals surface area contributed by atoms with Gasteiger partial charge in [0.2, 0.25) is 0 Å². The first-order valence-corrected chi connectivity index (χ1v) is 2.93. The Morgan fingerprint density at radius 3 is 2.44 bits per heavy atom. The van der Waals surface area contributed by atoms with Crippen LogP contribution in [0, 0.1) is 0 Å². The molecule has 0 unspecified atom stereocenters. The van der Waals surface area contributed by atoms with E-state index in [4.69, 9.17) is 15.2 Å². The van der Waals surface area contributed by atoms with Crippen LogP contribution >= 0.6 is 0 Å². The lowest BCUT2D eigenvalue weighted by atomic mass is 10.4. The number of ether oxygens (including phenoxy) is 2. The summed E-state index contributed by atoms with van der Waals surface area (Å²) >= 11 is 0. The largest absolute Gasteiger partial charge is 0.402 e. The molecule has 0 bridgehead atoms. The van der Waals surface area contributed by atoms with Crippen molar-refractivity contribution in [2.45, 2.75) is 26.4 Å². The third-order valence-electron chi connectivity index (χ3n) is 1.05. The van der Waals surface area contributed by atoms with Gasteiger partial charge in [0.25, 0.3) is 0 Å². The molecular weight excluding hydrogens is 118 g/mol. The van der Waals surface area contributed by atoms with Crippen molar-refractivity contribution in [3.8, 4) is 0 Å². The second-order valence-corrected chi connectivity index (χ2v) is 2.12. The first-order chi connectivity index (χ1) is 4.18. The van der Waals surface area contributed by atoms with Gasteiger partial charge in [-0.2, -0.15) is 0 Å². The van der Waals surface area contributed by atoms with E-state index in [1.165, 1.54) is 0 Å². The summed E-state index contributed by atoms with van der Waals surface area (Å²) in [6, 6.07) is 0. The van der Waals surface area contributed by atoms with Crippen molar-refractivity contribution in [2.75, 3.05) is 0 Å². The molecule has 0 aromatic carbocycles. The normalized spacial score (nSPS) is 36.0. The predicted molar refractivity (Wildman–Crippen MR) is 33.4 cm³/mol. The zero-order valence-corrected chi connectivity index (χ0v) is 5.63. The van der Waals surface area contributed by atoms with E-state index in [-0.39, 0.29) is 12.6 Å². The lowest BCUT2D eigenvalue weighted by Crippen LogP contribution is -2.37. The highest BCUT2D eigenvalue weighted by Crippen LogP contribution is 2.16. The molecule has 3 nitrogen and oxygen atoms in total. The van der Waals surface area contributed by atoms with Crippen LogP contribution in [-0.2, 0) is 9.47 Å². The maximum Gasteiger partial charge on any atom is 0.184 e. The third kappa shape index (κ3) is 1.69. The van der Waals surface area contributed by atoms with E-state index < -0.39 is 0 Å². The van der Waals surface area contributed by atoms with Gasteiger partial charge in [-0.1, -0.05) is 0 Å². The highest BCUT2D eigenvalue weighted by atomic mass is 16.9. The highest BCUT2D eigenvalue weighted by Gasteiger charge is 2.23. The lowest BCUT2D eigenvalue weighted by molar-refractivity contribution is -0.354. The summed E-state index contributed by atoms with van der Waals surface area (Å²) in [5, 5.41) is 0. The standard InChI is InChI=1S/C6H11NO2/c1-4(7)3-6-8-5(2)9-6/h3,5-6H,7H2,1-2H3/b4-3+. The number of hydrogen-bond acceptors (Lipinski definition) is 3. The zero-order chi connectivity index (χ0) is 6.85. The second-order valence-electron chi connectivity index (χ2n) is 2.12. The smallest absolute Gasteiger partial charge is 0.184 e. The quantitative estimate of drug-likeness (QED) is 0.562. The Morgan fingerprint density at radius 2 is 2.11 bits per heavy atom. The summed E-state index contributed by atoms with van der Waals surface area (Å²) in [5.41, 5.74) is 6.08. The van der Waals surface area contributed by atoms with Crippen molar-refractivity contribution >= 4 is 0 Å². The first-order valence-electron chi connectivity index (χ1n) is 2.93. The van der Waals surface area contributed by atoms with Gasteiger partial charge in [0.15, 0.2) is 12.6 Å². The molecule has 1 saturated heterocycles. The minimum Gasteiger partial charge on any atom is -0.402 e. The van der Waals surface area contributed by atoms with Crippen LogP contribution in [0.4, 0.5) is 0 Å². The molecule has 2 N–H and O–H groups in total. The number of nitrogens with two attached hydrogens (primary N) is 1. The molecule has 0 spiro atoms. The molecule has 1 fully saturated rings. The van der Waals surface area contributed by atoms with Crippen molar-refractivity contribution in [3.05, 3.63) is 11.8 Å². The van der Waals surface area contributed by atoms with Crippen LogP contribution in [0.5, 0.6) is 0 Å². The Balaban J connectivity index is 2.25. The van der Waals surface area contributed by atoms with E-state index >= 15 is 0 Å². The van der Waals surface area contributed by atoms with Crippen LogP contribution in [0.3, 0.4) is 0 Å². The summed E-state index contributed by atoms with van der Waals surface area (Å²) in [6.45, 7) is 3.64. The predicted octanol–water partition coefficient (Wildman–Crippen LogP) is 0.568. The van der Waals surface area contributed by atoms with Gasteiger partial charge in [0, 0.05) is 5.70 Å². The average molecular weight is 129 g/mol. The third-order valence-corrected chi connectivity index (χ3v) is 1.05. The van der Waals surface area contributed by atoms with Crippen molar-refractivity contribution < 1.29 is 9.47 Å². The zero-order valence-electron chi connectivity index (χ0n) is 5.63. The Morgan fingerprint density at radius 1 is 1.56 bits per heavy atom. The minimum atomic E-state index is -0.204. The molecule has 0 atom stereocenters. The maximum absolute atomic E-state index is 5.35. The number of hydrogen-bond donors (Lipinski definition) is 1. The van der Waals surface area contributed by atoms with Crippen molar-refractivity contribution in [2.24, 2.45) is 5.73 Å². The van der Waals surface area contributed by atoms with Gasteiger partial charge < -0.3 is 15.2 Å². The highest BCUT2D eigenvalue weighted by molar-refractivity contribution is 4.95. The van der Waals surface area contributed by atoms with Gasteiger partial charge in [-0.05, 0) is 19.9 Å². The van der Waals surface area contributed by atoms with Crippen LogP contribution in [0.1, 0.15) is 13.8 Å². The van der Waals surface area contributed by atoms with Gasteiger partial charge >= 0.3 is 0 Å². The fraction of sp³-hybridized carbons (Fsp3) is 0.667. The summed E-state index contributed by atoms with van der Waals surface area (Å²) in [6.07, 6.45) is 1.47. The van der Waals surface area contributed by atoms with Crippen molar-refractivity contribution in [3.63, 3.8) is 0 Å². The first kappa shape index (κ1) is 6.58. The summed E-state index contributed by atoms with van der Waals surface area (Å²) in [5.74, 6) is 0. The molecule has 1 heterocycles. The summed E-state index contributed by atoms with van der Waals surface area (Å²) in [4.78, 5) is 0. The molecule has 0 radical (unpaired) electrons. The van der Waals surface area contributed by atoms with Crippen molar-refractivity contribution in [1.82, 2.24) is 0 Å². The van der Waals surface area contributed by atoms with E-state index in [9.17, 15) is 0 Å². The number of allylic oxidation sites excluding steroid dienone is 1. The van der Waals surface area contributed by atoms with Gasteiger partial charge in [-0.25, -0.2) is 0 Å². The van der Waals surface area contributed by atoms with Crippen LogP contribution in [0.15, 0.2) is 11.8 Å². The molecule has 1 rings (SSSR count). The number of rotatable bonds is 1. The Bertz CT molecular complexity index is 123. The summed E-state index contributed by atoms with van der Waals surface area (Å²) < 4.78 is 10.1. The van der Waals surface area contributed by atoms with E-state index in [2.05, 4.69) is 0 Å². The van der Waals surface area contributed by atoms with Gasteiger partial charge in [-0.3, -0.25) is 0 Å². The van der Waals surface area contributed by atoms with Crippen LogP contribution in [0.2, 0.25) is 0 Å². The Kier molecular flexibility index (Phi) is 1.73. The monoisotopic (exact) mass is 129 g/mol. The molecule has 1 aliphatic rings. The maximum atomic E-state index is 5.35. The summed E-state index contributed by atoms with van der Waals surface area (Å²) in [7, 11) is 0. The molecule has 0 saturated carbocycles. The van der Waals surface area contributed by atoms with Crippen LogP contribution in [-0.4, -0.2) is 12.6 Å². The molecule has 1 aliphatic heterocycles. The lowest BCUT2D eigenvalue weighted by Gasteiger charge is -2.31. The second kappa shape index (κ2) is 2.37. The fourth-order valence-electron chi connectivity index (χ4n) is 0.681. The fourth-order valence-corrected chi connectivity index (χ4v) is 0.681. The van der Waals surface area contributed by atoms with E-state index in [0.29, 0.717) is 0 Å². The van der Waals surface area contributed by atoms with Crippen molar-refractivity contribution in [1.29, 1.82) is 0 Å². The molecular formula is C6H11NO2. The minimum absolute atomic E-state index is 0.0643. The molecule has 0 amide bonds. The molecule has 0 aromatic rings. The average Bonchev–Trinajstić information content (AvgIpc) is 1.60. The SMILES string of the molecule is C/C(N)=C\C1OC(C)O1. The molecule has 0 aliphatic carbocycles. The Hall–Kier alpha value is -0.540. The van der Waals surface area contributed by atoms with Gasteiger partial charge in [-0.15, -0.1) is 0 Å².